The zero-order chi connectivity index (χ0) is 18.1. The van der Waals surface area contributed by atoms with Crippen LogP contribution in [-0.4, -0.2) is 42.2 Å². The van der Waals surface area contributed by atoms with E-state index in [1.54, 1.807) is 19.2 Å². The Morgan fingerprint density at radius 2 is 1.80 bits per heavy atom. The molecule has 1 aromatic carbocycles. The maximum atomic E-state index is 12.2. The number of carbonyl (C=O) groups is 1. The van der Waals surface area contributed by atoms with Crippen molar-refractivity contribution >= 4 is 23.6 Å². The van der Waals surface area contributed by atoms with Crippen molar-refractivity contribution < 1.29 is 9.53 Å². The first-order chi connectivity index (χ1) is 12.1. The Bertz CT molecular complexity index is 713. The quantitative estimate of drug-likeness (QED) is 0.440. The number of urea groups is 1. The summed E-state index contributed by atoms with van der Waals surface area (Å²) in [6.45, 7) is 4.56. The van der Waals surface area contributed by atoms with Crippen LogP contribution in [0.3, 0.4) is 0 Å². The van der Waals surface area contributed by atoms with E-state index in [-0.39, 0.29) is 5.96 Å². The molecule has 0 aliphatic heterocycles. The molecule has 0 saturated heterocycles. The number of aromatic nitrogens is 2. The summed E-state index contributed by atoms with van der Waals surface area (Å²) in [7, 11) is 1.59. The summed E-state index contributed by atoms with van der Waals surface area (Å²) in [4.78, 5) is 25.0. The Morgan fingerprint density at radius 3 is 2.44 bits per heavy atom. The molecule has 0 aliphatic carbocycles. The number of amides is 2. The fourth-order valence-corrected chi connectivity index (χ4v) is 2.04. The predicted octanol–water partition coefficient (Wildman–Crippen LogP) is 2.33. The summed E-state index contributed by atoms with van der Waals surface area (Å²) in [6, 6.07) is 10.6. The van der Waals surface area contributed by atoms with Crippen LogP contribution >= 0.6 is 0 Å². The van der Waals surface area contributed by atoms with Crippen molar-refractivity contribution in [2.75, 3.05) is 30.9 Å². The molecule has 2 aromatic rings. The number of guanidine groups is 1. The molecule has 8 heteroatoms. The number of benzene rings is 1. The SMILES string of the molecule is COCCN=C(NC(=O)Nc1ccccc1)Nc1nc(C)cc(C)n1. The van der Waals surface area contributed by atoms with Gasteiger partial charge < -0.3 is 10.1 Å². The van der Waals surface area contributed by atoms with Gasteiger partial charge in [-0.1, -0.05) is 18.2 Å². The second-order valence-electron chi connectivity index (χ2n) is 5.27. The molecule has 3 N–H and O–H groups in total. The van der Waals surface area contributed by atoms with E-state index in [0.29, 0.717) is 24.8 Å². The molecule has 25 heavy (non-hydrogen) atoms. The van der Waals surface area contributed by atoms with Crippen LogP contribution in [0.4, 0.5) is 16.4 Å². The van der Waals surface area contributed by atoms with Gasteiger partial charge in [-0.25, -0.2) is 14.8 Å². The molecule has 0 aliphatic rings. The summed E-state index contributed by atoms with van der Waals surface area (Å²) >= 11 is 0. The highest BCUT2D eigenvalue weighted by atomic mass is 16.5. The second kappa shape index (κ2) is 9.33. The van der Waals surface area contributed by atoms with Crippen molar-refractivity contribution in [2.45, 2.75) is 13.8 Å². The lowest BCUT2D eigenvalue weighted by atomic mass is 10.3. The van der Waals surface area contributed by atoms with Crippen molar-refractivity contribution in [3.05, 3.63) is 47.8 Å². The molecule has 0 saturated carbocycles. The minimum absolute atomic E-state index is 0.246. The van der Waals surface area contributed by atoms with Gasteiger partial charge in [0, 0.05) is 24.2 Å². The third-order valence-corrected chi connectivity index (χ3v) is 3.04. The van der Waals surface area contributed by atoms with E-state index >= 15 is 0 Å². The minimum Gasteiger partial charge on any atom is -0.383 e. The fourth-order valence-electron chi connectivity index (χ4n) is 2.04. The summed E-state index contributed by atoms with van der Waals surface area (Å²) in [5.74, 6) is 0.615. The lowest BCUT2D eigenvalue weighted by molar-refractivity contribution is 0.208. The third kappa shape index (κ3) is 6.56. The predicted molar refractivity (Wildman–Crippen MR) is 97.9 cm³/mol. The van der Waals surface area contributed by atoms with Gasteiger partial charge >= 0.3 is 6.03 Å². The number of rotatable bonds is 5. The van der Waals surface area contributed by atoms with Gasteiger partial charge in [-0.2, -0.15) is 0 Å². The van der Waals surface area contributed by atoms with Crippen LogP contribution in [0.2, 0.25) is 0 Å². The summed E-state index contributed by atoms with van der Waals surface area (Å²) in [5.41, 5.74) is 2.32. The summed E-state index contributed by atoms with van der Waals surface area (Å²) in [6.07, 6.45) is 0. The van der Waals surface area contributed by atoms with Gasteiger partial charge in [-0.05, 0) is 32.0 Å². The van der Waals surface area contributed by atoms with Crippen LogP contribution in [0.15, 0.2) is 41.4 Å². The Labute approximate surface area is 146 Å². The summed E-state index contributed by atoms with van der Waals surface area (Å²) in [5, 5.41) is 8.33. The highest BCUT2D eigenvalue weighted by Gasteiger charge is 2.09. The molecular weight excluding hydrogens is 320 g/mol. The molecule has 8 nitrogen and oxygen atoms in total. The first-order valence-electron chi connectivity index (χ1n) is 7.82. The van der Waals surface area contributed by atoms with Gasteiger partial charge in [0.05, 0.1) is 13.2 Å². The van der Waals surface area contributed by atoms with Gasteiger partial charge in [0.25, 0.3) is 0 Å². The molecule has 0 fully saturated rings. The Kier molecular flexibility index (Phi) is 6.85. The number of para-hydroxylation sites is 1. The topological polar surface area (TPSA) is 101 Å². The maximum Gasteiger partial charge on any atom is 0.326 e. The highest BCUT2D eigenvalue weighted by Crippen LogP contribution is 2.05. The first kappa shape index (κ1) is 18.3. The number of aryl methyl sites for hydroxylation is 2. The zero-order valence-corrected chi connectivity index (χ0v) is 14.5. The van der Waals surface area contributed by atoms with Gasteiger partial charge in [0.1, 0.15) is 0 Å². The van der Waals surface area contributed by atoms with E-state index < -0.39 is 6.03 Å². The second-order valence-corrected chi connectivity index (χ2v) is 5.27. The third-order valence-electron chi connectivity index (χ3n) is 3.04. The molecule has 1 heterocycles. The van der Waals surface area contributed by atoms with E-state index in [0.717, 1.165) is 11.4 Å². The number of ether oxygens (including phenoxy) is 1. The average molecular weight is 342 g/mol. The van der Waals surface area contributed by atoms with Crippen molar-refractivity contribution in [3.63, 3.8) is 0 Å². The van der Waals surface area contributed by atoms with Gasteiger partial charge in [-0.15, -0.1) is 0 Å². The van der Waals surface area contributed by atoms with E-state index in [1.807, 2.05) is 38.1 Å². The Morgan fingerprint density at radius 1 is 1.12 bits per heavy atom. The number of nitrogens with zero attached hydrogens (tertiary/aromatic N) is 3. The number of aliphatic imine (C=N–C) groups is 1. The van der Waals surface area contributed by atoms with Crippen LogP contribution in [-0.2, 0) is 4.74 Å². The van der Waals surface area contributed by atoms with Crippen LogP contribution in [0.1, 0.15) is 11.4 Å². The molecule has 2 amide bonds. The molecule has 0 radical (unpaired) electrons. The Balaban J connectivity index is 2.07. The number of anilines is 2. The molecule has 1 aromatic heterocycles. The van der Waals surface area contributed by atoms with Crippen molar-refractivity contribution in [3.8, 4) is 0 Å². The normalized spacial score (nSPS) is 11.1. The Hall–Kier alpha value is -3.00. The first-order valence-corrected chi connectivity index (χ1v) is 7.82. The van der Waals surface area contributed by atoms with Gasteiger partial charge in [0.2, 0.25) is 11.9 Å². The summed E-state index contributed by atoms with van der Waals surface area (Å²) < 4.78 is 4.99. The molecule has 0 atom stereocenters. The highest BCUT2D eigenvalue weighted by molar-refractivity contribution is 6.06. The van der Waals surface area contributed by atoms with E-state index in [1.165, 1.54) is 0 Å². The van der Waals surface area contributed by atoms with Crippen LogP contribution in [0.25, 0.3) is 0 Å². The monoisotopic (exact) mass is 342 g/mol. The van der Waals surface area contributed by atoms with Gasteiger partial charge in [-0.3, -0.25) is 15.6 Å². The van der Waals surface area contributed by atoms with Crippen molar-refractivity contribution in [1.29, 1.82) is 0 Å². The maximum absolute atomic E-state index is 12.2. The molecular formula is C17H22N6O2. The molecule has 0 unspecified atom stereocenters. The number of carbonyl (C=O) groups excluding carboxylic acids is 1. The van der Waals surface area contributed by atoms with Crippen LogP contribution in [0, 0.1) is 13.8 Å². The fraction of sp³-hybridized carbons (Fsp3) is 0.294. The minimum atomic E-state index is -0.417. The van der Waals surface area contributed by atoms with Crippen molar-refractivity contribution in [2.24, 2.45) is 4.99 Å². The number of nitrogens with one attached hydrogen (secondary N) is 3. The molecule has 132 valence electrons. The van der Waals surface area contributed by atoms with Gasteiger partial charge in [0.15, 0.2) is 0 Å². The molecule has 0 spiro atoms. The number of methoxy groups -OCH3 is 1. The lowest BCUT2D eigenvalue weighted by Crippen LogP contribution is -2.39. The van der Waals surface area contributed by atoms with Crippen LogP contribution < -0.4 is 16.0 Å². The van der Waals surface area contributed by atoms with Crippen molar-refractivity contribution in [1.82, 2.24) is 15.3 Å². The largest absolute Gasteiger partial charge is 0.383 e. The van der Waals surface area contributed by atoms with E-state index in [2.05, 4.69) is 30.9 Å². The molecule has 0 bridgehead atoms. The molecule has 2 rings (SSSR count). The smallest absolute Gasteiger partial charge is 0.326 e. The standard InChI is InChI=1S/C17H22N6O2/c1-12-11-13(2)20-16(19-12)22-15(18-9-10-25-3)23-17(24)21-14-7-5-4-6-8-14/h4-8,11H,9-10H2,1-3H3,(H3,18,19,20,21,22,23,24). The van der Waals surface area contributed by atoms with Crippen LogP contribution in [0.5, 0.6) is 0 Å². The van der Waals surface area contributed by atoms with E-state index in [9.17, 15) is 4.79 Å². The lowest BCUT2D eigenvalue weighted by Gasteiger charge is -2.12. The average Bonchev–Trinajstić information content (AvgIpc) is 2.55. The zero-order valence-electron chi connectivity index (χ0n) is 14.5. The number of hydrogen-bond donors (Lipinski definition) is 3. The van der Waals surface area contributed by atoms with E-state index in [4.69, 9.17) is 4.74 Å². The number of hydrogen-bond acceptors (Lipinski definition) is 5.